The van der Waals surface area contributed by atoms with Crippen molar-refractivity contribution in [2.75, 3.05) is 13.1 Å². The van der Waals surface area contributed by atoms with Crippen LogP contribution in [0.25, 0.3) is 0 Å². The number of amides is 2. The van der Waals surface area contributed by atoms with Crippen LogP contribution in [0.3, 0.4) is 0 Å². The summed E-state index contributed by atoms with van der Waals surface area (Å²) in [4.78, 5) is 24.8. The van der Waals surface area contributed by atoms with Crippen molar-refractivity contribution >= 4 is 11.8 Å². The number of carbonyl (C=O) groups excluding carboxylic acids is 2. The summed E-state index contributed by atoms with van der Waals surface area (Å²) in [5.41, 5.74) is 3.04. The highest BCUT2D eigenvalue weighted by molar-refractivity contribution is 5.85. The Kier molecular flexibility index (Phi) is 4.65. The van der Waals surface area contributed by atoms with Gasteiger partial charge in [-0.2, -0.15) is 13.2 Å². The Morgan fingerprint density at radius 1 is 1.26 bits per heavy atom. The lowest BCUT2D eigenvalue weighted by Gasteiger charge is -2.37. The molecular formula is C15H17F3N2O3. The van der Waals surface area contributed by atoms with Gasteiger partial charge in [-0.1, -0.05) is 12.1 Å². The molecule has 5 nitrogen and oxygen atoms in total. The van der Waals surface area contributed by atoms with Gasteiger partial charge in [-0.25, -0.2) is 0 Å². The van der Waals surface area contributed by atoms with Gasteiger partial charge in [-0.05, 0) is 30.5 Å². The largest absolute Gasteiger partial charge is 0.416 e. The number of alkyl halides is 3. The van der Waals surface area contributed by atoms with Gasteiger partial charge in [0.05, 0.1) is 18.5 Å². The predicted molar refractivity (Wildman–Crippen MR) is 75.1 cm³/mol. The second-order valence-electron chi connectivity index (χ2n) is 5.69. The second kappa shape index (κ2) is 6.19. The normalized spacial score (nSPS) is 22.0. The van der Waals surface area contributed by atoms with E-state index in [-0.39, 0.29) is 25.3 Å². The molecule has 2 rings (SSSR count). The molecule has 0 aliphatic carbocycles. The van der Waals surface area contributed by atoms with Crippen molar-refractivity contribution in [2.24, 2.45) is 5.73 Å². The first kappa shape index (κ1) is 17.3. The molecule has 1 aliphatic heterocycles. The van der Waals surface area contributed by atoms with Crippen LogP contribution in [0.5, 0.6) is 0 Å². The Morgan fingerprint density at radius 3 is 2.39 bits per heavy atom. The molecule has 1 aliphatic rings. The van der Waals surface area contributed by atoms with Crippen LogP contribution in [0.1, 0.15) is 24.0 Å². The number of β-amino-alcohol motifs (C(OH)–C–C–N with tert-alkyl or cyclic N) is 1. The lowest BCUT2D eigenvalue weighted by molar-refractivity contribution is -0.148. The topological polar surface area (TPSA) is 83.6 Å². The van der Waals surface area contributed by atoms with Gasteiger partial charge in [-0.3, -0.25) is 9.59 Å². The summed E-state index contributed by atoms with van der Waals surface area (Å²) in [6.07, 6.45) is -3.91. The lowest BCUT2D eigenvalue weighted by atomic mass is 9.92. The Hall–Kier alpha value is -2.09. The van der Waals surface area contributed by atoms with E-state index in [1.165, 1.54) is 17.0 Å². The standard InChI is InChI=1S/C15H17F3N2O3/c16-15(17,18)11-4-2-10(3-5-11)8-12(21)20-7-1-6-14(23,9-20)13(19)22/h2-5,23H,1,6-9H2,(H2,19,22)/t14-/m0/s1. The number of nitrogens with two attached hydrogens (primary N) is 1. The smallest absolute Gasteiger partial charge is 0.378 e. The molecule has 1 fully saturated rings. The van der Waals surface area contributed by atoms with Crippen LogP contribution < -0.4 is 5.73 Å². The first-order chi connectivity index (χ1) is 10.6. The Balaban J connectivity index is 2.03. The van der Waals surface area contributed by atoms with Crippen molar-refractivity contribution in [1.82, 2.24) is 4.90 Å². The zero-order valence-corrected chi connectivity index (χ0v) is 12.3. The minimum Gasteiger partial charge on any atom is -0.378 e. The maximum atomic E-state index is 12.5. The molecule has 0 radical (unpaired) electrons. The van der Waals surface area contributed by atoms with E-state index < -0.39 is 23.2 Å². The van der Waals surface area contributed by atoms with Crippen LogP contribution in [0.4, 0.5) is 13.2 Å². The molecule has 1 aromatic rings. The van der Waals surface area contributed by atoms with E-state index >= 15 is 0 Å². The van der Waals surface area contributed by atoms with E-state index in [0.29, 0.717) is 18.5 Å². The van der Waals surface area contributed by atoms with Crippen molar-refractivity contribution in [2.45, 2.75) is 31.0 Å². The Bertz CT molecular complexity index is 601. The molecular weight excluding hydrogens is 313 g/mol. The number of piperidine rings is 1. The molecule has 23 heavy (non-hydrogen) atoms. The van der Waals surface area contributed by atoms with Gasteiger partial charge >= 0.3 is 6.18 Å². The maximum Gasteiger partial charge on any atom is 0.416 e. The summed E-state index contributed by atoms with van der Waals surface area (Å²) in [6, 6.07) is 4.31. The number of hydrogen-bond acceptors (Lipinski definition) is 3. The van der Waals surface area contributed by atoms with E-state index in [4.69, 9.17) is 5.73 Å². The summed E-state index contributed by atoms with van der Waals surface area (Å²) in [5.74, 6) is -1.26. The molecule has 1 atom stereocenters. The Morgan fingerprint density at radius 2 is 1.87 bits per heavy atom. The van der Waals surface area contributed by atoms with Gasteiger partial charge in [0.2, 0.25) is 5.91 Å². The van der Waals surface area contributed by atoms with E-state index in [1.54, 1.807) is 0 Å². The van der Waals surface area contributed by atoms with Crippen molar-refractivity contribution in [3.05, 3.63) is 35.4 Å². The van der Waals surface area contributed by atoms with E-state index in [9.17, 15) is 27.9 Å². The van der Waals surface area contributed by atoms with Crippen molar-refractivity contribution in [3.8, 4) is 0 Å². The lowest BCUT2D eigenvalue weighted by Crippen LogP contribution is -2.57. The third-order valence-electron chi connectivity index (χ3n) is 3.92. The number of primary amides is 1. The van der Waals surface area contributed by atoms with Crippen LogP contribution in [0.15, 0.2) is 24.3 Å². The number of aliphatic hydroxyl groups is 1. The van der Waals surface area contributed by atoms with E-state index in [1.807, 2.05) is 0 Å². The molecule has 3 N–H and O–H groups in total. The van der Waals surface area contributed by atoms with Gasteiger partial charge in [0.1, 0.15) is 0 Å². The predicted octanol–water partition coefficient (Wildman–Crippen LogP) is 1.09. The van der Waals surface area contributed by atoms with Crippen LogP contribution >= 0.6 is 0 Å². The third kappa shape index (κ3) is 4.01. The summed E-state index contributed by atoms with van der Waals surface area (Å²) >= 11 is 0. The first-order valence-electron chi connectivity index (χ1n) is 7.08. The van der Waals surface area contributed by atoms with Crippen LogP contribution in [-0.4, -0.2) is 40.5 Å². The van der Waals surface area contributed by atoms with Crippen molar-refractivity contribution in [1.29, 1.82) is 0 Å². The molecule has 1 aromatic carbocycles. The minimum atomic E-state index is -4.42. The van der Waals surface area contributed by atoms with Gasteiger partial charge < -0.3 is 15.7 Å². The fraction of sp³-hybridized carbons (Fsp3) is 0.467. The molecule has 0 bridgehead atoms. The number of rotatable bonds is 3. The highest BCUT2D eigenvalue weighted by Gasteiger charge is 2.40. The van der Waals surface area contributed by atoms with Gasteiger partial charge in [0.25, 0.3) is 5.91 Å². The molecule has 0 unspecified atom stereocenters. The molecule has 1 heterocycles. The monoisotopic (exact) mass is 330 g/mol. The third-order valence-corrected chi connectivity index (χ3v) is 3.92. The number of carbonyl (C=O) groups is 2. The van der Waals surface area contributed by atoms with E-state index in [2.05, 4.69) is 0 Å². The SMILES string of the molecule is NC(=O)[C@]1(O)CCCN(C(=O)Cc2ccc(C(F)(F)F)cc2)C1. The summed E-state index contributed by atoms with van der Waals surface area (Å²) in [5, 5.41) is 10.1. The summed E-state index contributed by atoms with van der Waals surface area (Å²) < 4.78 is 37.5. The van der Waals surface area contributed by atoms with Gasteiger partial charge in [0.15, 0.2) is 5.60 Å². The average Bonchev–Trinajstić information content (AvgIpc) is 2.46. The Labute approximate surface area is 130 Å². The molecule has 8 heteroatoms. The van der Waals surface area contributed by atoms with Crippen molar-refractivity contribution < 1.29 is 27.9 Å². The van der Waals surface area contributed by atoms with Crippen LogP contribution in [-0.2, 0) is 22.2 Å². The fourth-order valence-electron chi connectivity index (χ4n) is 2.55. The maximum absolute atomic E-state index is 12.5. The van der Waals surface area contributed by atoms with Crippen LogP contribution in [0.2, 0.25) is 0 Å². The van der Waals surface area contributed by atoms with Gasteiger partial charge in [-0.15, -0.1) is 0 Å². The van der Waals surface area contributed by atoms with E-state index in [0.717, 1.165) is 12.1 Å². The molecule has 1 saturated heterocycles. The molecule has 0 aromatic heterocycles. The average molecular weight is 330 g/mol. The molecule has 2 amide bonds. The summed E-state index contributed by atoms with van der Waals surface area (Å²) in [7, 11) is 0. The molecule has 0 saturated carbocycles. The van der Waals surface area contributed by atoms with Gasteiger partial charge in [0, 0.05) is 6.54 Å². The minimum absolute atomic E-state index is 0.104. The quantitative estimate of drug-likeness (QED) is 0.870. The number of halogens is 3. The number of nitrogens with zero attached hydrogens (tertiary/aromatic N) is 1. The summed E-state index contributed by atoms with van der Waals surface area (Å²) in [6.45, 7) is 0.177. The highest BCUT2D eigenvalue weighted by Crippen LogP contribution is 2.29. The highest BCUT2D eigenvalue weighted by atomic mass is 19.4. The number of benzene rings is 1. The zero-order valence-electron chi connectivity index (χ0n) is 12.3. The fourth-order valence-corrected chi connectivity index (χ4v) is 2.55. The zero-order chi connectivity index (χ0) is 17.3. The van der Waals surface area contributed by atoms with Crippen molar-refractivity contribution in [3.63, 3.8) is 0 Å². The number of hydrogen-bond donors (Lipinski definition) is 2. The van der Waals surface area contributed by atoms with Crippen LogP contribution in [0, 0.1) is 0 Å². The second-order valence-corrected chi connectivity index (χ2v) is 5.69. The number of likely N-dealkylation sites (tertiary alicyclic amines) is 1. The first-order valence-corrected chi connectivity index (χ1v) is 7.08. The molecule has 0 spiro atoms. The molecule has 126 valence electrons.